The number of hydrogen-bond donors (Lipinski definition) is 2. The van der Waals surface area contributed by atoms with Crippen LogP contribution in [0.25, 0.3) is 5.65 Å². The first-order valence-corrected chi connectivity index (χ1v) is 11.5. The van der Waals surface area contributed by atoms with Gasteiger partial charge in [-0.15, -0.1) is 10.2 Å². The third-order valence-corrected chi connectivity index (χ3v) is 6.49. The predicted molar refractivity (Wildman–Crippen MR) is 128 cm³/mol. The van der Waals surface area contributed by atoms with Crippen LogP contribution in [0.3, 0.4) is 0 Å². The molecular formula is C21H20N6O4S2. The first kappa shape index (κ1) is 22.6. The van der Waals surface area contributed by atoms with Crippen molar-refractivity contribution in [2.24, 2.45) is 0 Å². The number of aryl methyl sites for hydroxylation is 1. The number of pyridine rings is 1. The summed E-state index contributed by atoms with van der Waals surface area (Å²) < 4.78 is 12.6. The number of aromatic nitrogens is 4. The molecule has 4 aromatic rings. The van der Waals surface area contributed by atoms with E-state index in [9.17, 15) is 9.59 Å². The second kappa shape index (κ2) is 9.88. The van der Waals surface area contributed by atoms with Crippen LogP contribution in [0.15, 0.2) is 51.7 Å². The highest BCUT2D eigenvalue weighted by atomic mass is 32.2. The molecule has 0 atom stereocenters. The molecule has 0 aliphatic heterocycles. The molecule has 0 spiro atoms. The van der Waals surface area contributed by atoms with Gasteiger partial charge in [0.05, 0.1) is 25.6 Å². The van der Waals surface area contributed by atoms with Crippen molar-refractivity contribution in [1.29, 1.82) is 0 Å². The van der Waals surface area contributed by atoms with Crippen LogP contribution < -0.4 is 25.7 Å². The number of amides is 2. The maximum Gasteiger partial charge on any atom is 0.325 e. The molecule has 0 bridgehead atoms. The number of nitrogens with one attached hydrogen (secondary N) is 2. The topological polar surface area (TPSA) is 120 Å². The van der Waals surface area contributed by atoms with Crippen molar-refractivity contribution in [3.8, 4) is 11.5 Å². The lowest BCUT2D eigenvalue weighted by Crippen LogP contribution is -2.19. The van der Waals surface area contributed by atoms with Crippen LogP contribution in [-0.4, -0.2) is 39.8 Å². The predicted octanol–water partition coefficient (Wildman–Crippen LogP) is 3.81. The van der Waals surface area contributed by atoms with Gasteiger partial charge >= 0.3 is 6.03 Å². The molecule has 0 saturated carbocycles. The van der Waals surface area contributed by atoms with E-state index in [0.717, 1.165) is 5.56 Å². The number of thioether (sulfide) groups is 1. The Bertz CT molecular complexity index is 1370. The second-order valence-corrected chi connectivity index (χ2v) is 9.03. The number of hydrogen-bond acceptors (Lipinski definition) is 9. The van der Waals surface area contributed by atoms with Crippen LogP contribution in [0.5, 0.6) is 11.5 Å². The molecule has 3 heterocycles. The largest absolute Gasteiger partial charge is 0.497 e. The number of benzene rings is 1. The molecule has 0 fully saturated rings. The van der Waals surface area contributed by atoms with Crippen LogP contribution in [0, 0.1) is 6.92 Å². The van der Waals surface area contributed by atoms with E-state index in [1.165, 1.54) is 47.8 Å². The van der Waals surface area contributed by atoms with E-state index in [2.05, 4.69) is 25.8 Å². The summed E-state index contributed by atoms with van der Waals surface area (Å²) >= 11 is 2.60. The van der Waals surface area contributed by atoms with E-state index in [1.54, 1.807) is 24.4 Å². The third-order valence-electron chi connectivity index (χ3n) is 4.49. The van der Waals surface area contributed by atoms with Gasteiger partial charge in [-0.3, -0.25) is 14.5 Å². The minimum atomic E-state index is -0.492. The van der Waals surface area contributed by atoms with Crippen molar-refractivity contribution in [2.45, 2.75) is 17.0 Å². The molecule has 170 valence electrons. The molecule has 0 aliphatic rings. The summed E-state index contributed by atoms with van der Waals surface area (Å²) in [5, 5.41) is 13.8. The number of nitrogens with zero attached hydrogens (tertiary/aromatic N) is 4. The number of methoxy groups -OCH3 is 2. The maximum absolute atomic E-state index is 12.4. The molecule has 0 radical (unpaired) electrons. The molecular weight excluding hydrogens is 464 g/mol. The minimum Gasteiger partial charge on any atom is -0.497 e. The van der Waals surface area contributed by atoms with Gasteiger partial charge in [0.2, 0.25) is 5.13 Å². The van der Waals surface area contributed by atoms with E-state index in [1.807, 2.05) is 19.1 Å². The number of rotatable bonds is 7. The molecule has 3 aromatic heterocycles. The van der Waals surface area contributed by atoms with Gasteiger partial charge in [0.15, 0.2) is 4.34 Å². The van der Waals surface area contributed by atoms with Gasteiger partial charge < -0.3 is 14.8 Å². The van der Waals surface area contributed by atoms with Gasteiger partial charge in [0.1, 0.15) is 17.1 Å². The molecule has 2 N–H and O–H groups in total. The summed E-state index contributed by atoms with van der Waals surface area (Å²) in [4.78, 5) is 29.3. The van der Waals surface area contributed by atoms with Crippen molar-refractivity contribution in [1.82, 2.24) is 19.6 Å². The zero-order valence-electron chi connectivity index (χ0n) is 18.0. The lowest BCUT2D eigenvalue weighted by atomic mass is 10.2. The molecule has 0 unspecified atom stereocenters. The zero-order valence-corrected chi connectivity index (χ0v) is 19.6. The van der Waals surface area contributed by atoms with Crippen LogP contribution in [-0.2, 0) is 5.75 Å². The Kier molecular flexibility index (Phi) is 6.75. The van der Waals surface area contributed by atoms with E-state index < -0.39 is 6.03 Å². The summed E-state index contributed by atoms with van der Waals surface area (Å²) in [6, 6.07) is 9.82. The van der Waals surface area contributed by atoms with Gasteiger partial charge in [0.25, 0.3) is 5.56 Å². The number of ether oxygens (including phenoxy) is 2. The SMILES string of the molecule is COc1ccc(OC)c(NC(=O)Nc2nnc(SCc3cc(=O)n4cc(C)ccc4n3)s2)c1. The quantitative estimate of drug-likeness (QED) is 0.300. The average molecular weight is 485 g/mol. The molecule has 33 heavy (non-hydrogen) atoms. The summed E-state index contributed by atoms with van der Waals surface area (Å²) in [5.74, 6) is 1.52. The Morgan fingerprint density at radius 3 is 2.76 bits per heavy atom. The van der Waals surface area contributed by atoms with Crippen molar-refractivity contribution in [3.63, 3.8) is 0 Å². The standard InChI is InChI=1S/C21H20N6O4S2/c1-12-4-7-17-22-13(8-18(28)27(17)10-12)11-32-21-26-25-20(33-21)24-19(29)23-15-9-14(30-2)5-6-16(15)31-3/h4-10H,11H2,1-3H3,(H2,23,24,25,29). The fraction of sp³-hybridized carbons (Fsp3) is 0.190. The molecule has 4 rings (SSSR count). The molecule has 2 amide bonds. The number of carbonyl (C=O) groups excluding carboxylic acids is 1. The summed E-state index contributed by atoms with van der Waals surface area (Å²) in [7, 11) is 3.05. The summed E-state index contributed by atoms with van der Waals surface area (Å²) in [5.41, 5.74) is 2.53. The Morgan fingerprint density at radius 1 is 1.12 bits per heavy atom. The highest BCUT2D eigenvalue weighted by Crippen LogP contribution is 2.30. The zero-order chi connectivity index (χ0) is 23.4. The average Bonchev–Trinajstić information content (AvgIpc) is 3.25. The molecule has 0 saturated heterocycles. The fourth-order valence-corrected chi connectivity index (χ4v) is 4.59. The monoisotopic (exact) mass is 484 g/mol. The van der Waals surface area contributed by atoms with Gasteiger partial charge in [0, 0.05) is 24.1 Å². The fourth-order valence-electron chi connectivity index (χ4n) is 2.95. The maximum atomic E-state index is 12.4. The van der Waals surface area contributed by atoms with Crippen LogP contribution in [0.1, 0.15) is 11.3 Å². The third kappa shape index (κ3) is 5.41. The first-order chi connectivity index (χ1) is 15.9. The molecule has 0 aliphatic carbocycles. The highest BCUT2D eigenvalue weighted by molar-refractivity contribution is 8.00. The van der Waals surface area contributed by atoms with Crippen molar-refractivity contribution in [3.05, 3.63) is 64.2 Å². The number of carbonyl (C=O) groups is 1. The van der Waals surface area contributed by atoms with E-state index >= 15 is 0 Å². The Balaban J connectivity index is 1.39. The number of fused-ring (bicyclic) bond motifs is 1. The van der Waals surface area contributed by atoms with Gasteiger partial charge in [-0.1, -0.05) is 29.2 Å². The van der Waals surface area contributed by atoms with Crippen LogP contribution in [0.2, 0.25) is 0 Å². The van der Waals surface area contributed by atoms with E-state index in [0.29, 0.717) is 43.8 Å². The Hall–Kier alpha value is -3.64. The molecule has 12 heteroatoms. The van der Waals surface area contributed by atoms with Gasteiger partial charge in [-0.2, -0.15) is 0 Å². The highest BCUT2D eigenvalue weighted by Gasteiger charge is 2.13. The van der Waals surface area contributed by atoms with Gasteiger partial charge in [-0.25, -0.2) is 9.78 Å². The molecule has 10 nitrogen and oxygen atoms in total. The smallest absolute Gasteiger partial charge is 0.325 e. The summed E-state index contributed by atoms with van der Waals surface area (Å²) in [6.45, 7) is 1.92. The van der Waals surface area contributed by atoms with E-state index in [-0.39, 0.29) is 5.56 Å². The number of anilines is 2. The van der Waals surface area contributed by atoms with Gasteiger partial charge in [-0.05, 0) is 30.7 Å². The first-order valence-electron chi connectivity index (χ1n) is 9.70. The van der Waals surface area contributed by atoms with Crippen molar-refractivity contribution in [2.75, 3.05) is 24.9 Å². The Labute approximate surface area is 197 Å². The van der Waals surface area contributed by atoms with Crippen molar-refractivity contribution < 1.29 is 14.3 Å². The summed E-state index contributed by atoms with van der Waals surface area (Å²) in [6.07, 6.45) is 1.76. The molecule has 1 aromatic carbocycles. The van der Waals surface area contributed by atoms with Crippen LogP contribution in [0.4, 0.5) is 15.6 Å². The van der Waals surface area contributed by atoms with E-state index in [4.69, 9.17) is 9.47 Å². The lowest BCUT2D eigenvalue weighted by Gasteiger charge is -2.11. The van der Waals surface area contributed by atoms with Crippen molar-refractivity contribution >= 4 is 45.6 Å². The Morgan fingerprint density at radius 2 is 1.97 bits per heavy atom. The second-order valence-electron chi connectivity index (χ2n) is 6.83. The van der Waals surface area contributed by atoms with Crippen LogP contribution >= 0.6 is 23.1 Å². The minimum absolute atomic E-state index is 0.136. The normalized spacial score (nSPS) is 10.8. The number of urea groups is 1. The lowest BCUT2D eigenvalue weighted by molar-refractivity contribution is 0.262.